The first-order valence-corrected chi connectivity index (χ1v) is 16.3. The van der Waals surface area contributed by atoms with E-state index in [2.05, 4.69) is 51.8 Å². The Morgan fingerprint density at radius 2 is 1.67 bits per heavy atom. The maximum atomic E-state index is 13.4. The van der Waals surface area contributed by atoms with Gasteiger partial charge in [-0.05, 0) is 121 Å². The zero-order valence-electron chi connectivity index (χ0n) is 23.2. The van der Waals surface area contributed by atoms with Gasteiger partial charge in [0.05, 0.1) is 16.6 Å². The molecule has 4 aromatic carbocycles. The summed E-state index contributed by atoms with van der Waals surface area (Å²) < 4.78 is 28.5. The van der Waals surface area contributed by atoms with Crippen LogP contribution in [-0.2, 0) is 10.0 Å². The second-order valence-corrected chi connectivity index (χ2v) is 13.9. The van der Waals surface area contributed by atoms with Crippen molar-refractivity contribution in [3.8, 4) is 0 Å². The number of sulfonamides is 1. The highest BCUT2D eigenvalue weighted by Gasteiger charge is 2.53. The van der Waals surface area contributed by atoms with Crippen LogP contribution < -0.4 is 15.4 Å². The molecule has 3 N–H and O–H groups in total. The number of carbonyl (C=O) groups excluding carboxylic acids is 1. The molecule has 0 saturated heterocycles. The molecule has 0 spiro atoms. The molecule has 1 heterocycles. The van der Waals surface area contributed by atoms with E-state index >= 15 is 0 Å². The minimum atomic E-state index is -3.83. The Balaban J connectivity index is 1.10. The van der Waals surface area contributed by atoms with Crippen molar-refractivity contribution in [2.24, 2.45) is 17.8 Å². The van der Waals surface area contributed by atoms with Crippen LogP contribution in [0.4, 0.5) is 17.1 Å². The summed E-state index contributed by atoms with van der Waals surface area (Å²) in [5, 5.41) is 7.26. The van der Waals surface area contributed by atoms with Crippen molar-refractivity contribution in [3.63, 3.8) is 0 Å². The number of rotatable bonds is 6. The fourth-order valence-electron chi connectivity index (χ4n) is 7.46. The third kappa shape index (κ3) is 4.74. The topological polar surface area (TPSA) is 87.3 Å². The molecule has 1 aliphatic heterocycles. The number of nitrogens with one attached hydrogen (secondary N) is 3. The van der Waals surface area contributed by atoms with Crippen molar-refractivity contribution in [2.75, 3.05) is 15.4 Å². The first kappa shape index (κ1) is 27.0. The van der Waals surface area contributed by atoms with Gasteiger partial charge in [0.15, 0.2) is 0 Å². The summed E-state index contributed by atoms with van der Waals surface area (Å²) in [6, 6.07) is 28.2. The summed E-state index contributed by atoms with van der Waals surface area (Å²) in [6.07, 6.45) is 3.80. The number of hydrogen-bond donors (Lipinski definition) is 3. The van der Waals surface area contributed by atoms with Gasteiger partial charge < -0.3 is 10.6 Å². The molecule has 3 aliphatic rings. The summed E-state index contributed by atoms with van der Waals surface area (Å²) in [4.78, 5) is 13.4. The van der Waals surface area contributed by atoms with Crippen molar-refractivity contribution in [3.05, 3.63) is 118 Å². The first-order chi connectivity index (χ1) is 20.3. The molecule has 0 radical (unpaired) electrons. The number of hydrogen-bond acceptors (Lipinski definition) is 4. The summed E-state index contributed by atoms with van der Waals surface area (Å²) >= 11 is 6.14. The van der Waals surface area contributed by atoms with E-state index in [0.29, 0.717) is 51.2 Å². The Hall–Kier alpha value is -3.81. The molecule has 2 saturated carbocycles. The second kappa shape index (κ2) is 10.5. The van der Waals surface area contributed by atoms with E-state index < -0.39 is 10.0 Å². The Kier molecular flexibility index (Phi) is 6.75. The maximum Gasteiger partial charge on any atom is 0.261 e. The van der Waals surface area contributed by atoms with Gasteiger partial charge in [0.1, 0.15) is 0 Å². The van der Waals surface area contributed by atoms with Gasteiger partial charge in [-0.3, -0.25) is 9.52 Å². The molecule has 5 atom stereocenters. The average Bonchev–Trinajstić information content (AvgIpc) is 3.63. The van der Waals surface area contributed by atoms with Crippen molar-refractivity contribution >= 4 is 44.6 Å². The highest BCUT2D eigenvalue weighted by molar-refractivity contribution is 7.92. The number of amides is 1. The SMILES string of the molecule is Cc1c(Cl)cccc1NS(=O)(=O)c1ccc(NC(=O)c2ccc3c(c2)[C@@H]2[C@H]4CC[C@@H](C4)[C@H]2[C@H](c2ccccc2)N3)cc1. The number of anilines is 3. The van der Waals surface area contributed by atoms with E-state index in [9.17, 15) is 13.2 Å². The van der Waals surface area contributed by atoms with Gasteiger partial charge in [-0.1, -0.05) is 48.0 Å². The lowest BCUT2D eigenvalue weighted by atomic mass is 9.68. The van der Waals surface area contributed by atoms with Gasteiger partial charge in [-0.2, -0.15) is 0 Å². The van der Waals surface area contributed by atoms with E-state index in [1.807, 2.05) is 12.1 Å². The van der Waals surface area contributed by atoms with Gasteiger partial charge in [-0.15, -0.1) is 0 Å². The van der Waals surface area contributed by atoms with E-state index in [1.165, 1.54) is 42.5 Å². The van der Waals surface area contributed by atoms with Crippen molar-refractivity contribution in [1.29, 1.82) is 0 Å². The Morgan fingerprint density at radius 3 is 2.45 bits per heavy atom. The van der Waals surface area contributed by atoms with Crippen molar-refractivity contribution in [1.82, 2.24) is 0 Å². The Morgan fingerprint density at radius 1 is 0.905 bits per heavy atom. The monoisotopic (exact) mass is 597 g/mol. The molecule has 42 heavy (non-hydrogen) atoms. The lowest BCUT2D eigenvalue weighted by molar-refractivity contribution is 0.102. The number of fused-ring (bicyclic) bond motifs is 7. The lowest BCUT2D eigenvalue weighted by Gasteiger charge is -2.43. The quantitative estimate of drug-likeness (QED) is 0.210. The summed E-state index contributed by atoms with van der Waals surface area (Å²) in [5.41, 5.74) is 5.90. The highest BCUT2D eigenvalue weighted by Crippen LogP contribution is 2.63. The van der Waals surface area contributed by atoms with Crippen LogP contribution in [0.2, 0.25) is 5.02 Å². The number of halogens is 1. The van der Waals surface area contributed by atoms with Crippen LogP contribution in [0.25, 0.3) is 0 Å². The van der Waals surface area contributed by atoms with Gasteiger partial charge in [-0.25, -0.2) is 8.42 Å². The van der Waals surface area contributed by atoms with Gasteiger partial charge in [0.25, 0.3) is 15.9 Å². The minimum absolute atomic E-state index is 0.0926. The van der Waals surface area contributed by atoms with Crippen LogP contribution in [0.15, 0.2) is 95.9 Å². The fraction of sp³-hybridized carbons (Fsp3) is 0.265. The van der Waals surface area contributed by atoms with Gasteiger partial charge in [0.2, 0.25) is 0 Å². The molecule has 1 amide bonds. The number of carbonyl (C=O) groups is 1. The largest absolute Gasteiger partial charge is 0.378 e. The Labute approximate surface area is 251 Å². The van der Waals surface area contributed by atoms with E-state index in [-0.39, 0.29) is 16.8 Å². The molecule has 6 nitrogen and oxygen atoms in total. The zero-order valence-corrected chi connectivity index (χ0v) is 24.8. The fourth-order valence-corrected chi connectivity index (χ4v) is 8.76. The van der Waals surface area contributed by atoms with Crippen molar-refractivity contribution < 1.29 is 13.2 Å². The third-order valence-corrected chi connectivity index (χ3v) is 11.2. The maximum absolute atomic E-state index is 13.4. The lowest BCUT2D eigenvalue weighted by Crippen LogP contribution is -2.35. The van der Waals surface area contributed by atoms with E-state index in [4.69, 9.17) is 11.6 Å². The molecule has 4 aromatic rings. The van der Waals surface area contributed by atoms with Crippen LogP contribution in [0.3, 0.4) is 0 Å². The molecule has 8 heteroatoms. The third-order valence-electron chi connectivity index (χ3n) is 9.44. The smallest absolute Gasteiger partial charge is 0.261 e. The predicted octanol–water partition coefficient (Wildman–Crippen LogP) is 8.00. The second-order valence-electron chi connectivity index (χ2n) is 11.8. The molecule has 7 rings (SSSR count). The van der Waals surface area contributed by atoms with Crippen LogP contribution in [-0.4, -0.2) is 14.3 Å². The van der Waals surface area contributed by atoms with Crippen LogP contribution in [0.5, 0.6) is 0 Å². The minimum Gasteiger partial charge on any atom is -0.378 e. The highest BCUT2D eigenvalue weighted by atomic mass is 35.5. The van der Waals surface area contributed by atoms with E-state index in [0.717, 1.165) is 5.69 Å². The summed E-state index contributed by atoms with van der Waals surface area (Å²) in [5.74, 6) is 2.11. The van der Waals surface area contributed by atoms with E-state index in [1.54, 1.807) is 37.3 Å². The van der Waals surface area contributed by atoms with Crippen molar-refractivity contribution in [2.45, 2.75) is 43.0 Å². The standard InChI is InChI=1S/C34H32ClN3O3S/c1-20-28(35)8-5-9-29(20)38-42(40,41)26-15-13-25(14-16-26)36-34(39)24-12-17-30-27(19-24)31-22-10-11-23(18-22)32(31)33(37-30)21-6-3-2-4-7-21/h2-9,12-17,19,22-23,31-33,37-38H,10-11,18H2,1H3,(H,36,39)/t22-,23-,31-,32+,33-/m0/s1. The molecule has 2 bridgehead atoms. The first-order valence-electron chi connectivity index (χ1n) is 14.4. The Bertz CT molecular complexity index is 1780. The normalized spacial score (nSPS) is 23.9. The van der Waals surface area contributed by atoms with Crippen LogP contribution >= 0.6 is 11.6 Å². The van der Waals surface area contributed by atoms with Crippen LogP contribution in [0, 0.1) is 24.7 Å². The van der Waals surface area contributed by atoms with Gasteiger partial charge in [0, 0.05) is 22.0 Å². The number of benzene rings is 4. The van der Waals surface area contributed by atoms with Gasteiger partial charge >= 0.3 is 0 Å². The molecule has 214 valence electrons. The predicted molar refractivity (Wildman–Crippen MR) is 168 cm³/mol. The molecule has 0 aromatic heterocycles. The van der Waals surface area contributed by atoms with Crippen LogP contribution in [0.1, 0.15) is 58.3 Å². The summed E-state index contributed by atoms with van der Waals surface area (Å²) in [7, 11) is -3.83. The molecule has 2 fully saturated rings. The zero-order chi connectivity index (χ0) is 29.0. The molecule has 2 aliphatic carbocycles. The summed E-state index contributed by atoms with van der Waals surface area (Å²) in [6.45, 7) is 1.76. The molecular weight excluding hydrogens is 566 g/mol. The average molecular weight is 598 g/mol. The molecular formula is C34H32ClN3O3S. The molecule has 0 unspecified atom stereocenters.